The van der Waals surface area contributed by atoms with Crippen LogP contribution in [0.3, 0.4) is 0 Å². The van der Waals surface area contributed by atoms with Crippen molar-refractivity contribution in [3.8, 4) is 0 Å². The lowest BCUT2D eigenvalue weighted by Crippen LogP contribution is -2.36. The van der Waals surface area contributed by atoms with Crippen molar-refractivity contribution in [2.24, 2.45) is 5.73 Å². The number of ether oxygens (including phenoxy) is 1. The Hall–Kier alpha value is -1.30. The minimum atomic E-state index is -1.09. The standard InChI is InChI=1S/C12H15ClN2O3/c13-10-7-8(15-3-5-18-6-4-15)1-2-9(10)11(14)12(16)17/h1-2,7,11H,3-6,14H2,(H,16,17)/t11-/m0/s1. The van der Waals surface area contributed by atoms with Crippen LogP contribution < -0.4 is 10.6 Å². The number of carbonyl (C=O) groups is 1. The lowest BCUT2D eigenvalue weighted by Gasteiger charge is -2.29. The molecular formula is C12H15ClN2O3. The summed E-state index contributed by atoms with van der Waals surface area (Å²) in [5.41, 5.74) is 6.94. The summed E-state index contributed by atoms with van der Waals surface area (Å²) >= 11 is 6.09. The van der Waals surface area contributed by atoms with Gasteiger partial charge in [-0.2, -0.15) is 0 Å². The van der Waals surface area contributed by atoms with Crippen molar-refractivity contribution in [2.75, 3.05) is 31.2 Å². The average Bonchev–Trinajstić information content (AvgIpc) is 2.38. The first-order valence-corrected chi connectivity index (χ1v) is 6.08. The summed E-state index contributed by atoms with van der Waals surface area (Å²) in [6.45, 7) is 2.99. The van der Waals surface area contributed by atoms with Crippen molar-refractivity contribution in [3.63, 3.8) is 0 Å². The number of nitrogens with zero attached hydrogens (tertiary/aromatic N) is 1. The number of halogens is 1. The Kier molecular flexibility index (Phi) is 4.06. The zero-order valence-corrected chi connectivity index (χ0v) is 10.6. The SMILES string of the molecule is N[C@H](C(=O)O)c1ccc(N2CCOCC2)cc1Cl. The highest BCUT2D eigenvalue weighted by Gasteiger charge is 2.19. The van der Waals surface area contributed by atoms with Gasteiger partial charge in [0.05, 0.1) is 13.2 Å². The first kappa shape index (κ1) is 13.1. The van der Waals surface area contributed by atoms with Crippen molar-refractivity contribution in [3.05, 3.63) is 28.8 Å². The third-order valence-electron chi connectivity index (χ3n) is 2.96. The van der Waals surface area contributed by atoms with Gasteiger partial charge < -0.3 is 20.5 Å². The molecule has 5 nitrogen and oxygen atoms in total. The second-order valence-electron chi connectivity index (χ2n) is 4.12. The first-order valence-electron chi connectivity index (χ1n) is 5.70. The fourth-order valence-electron chi connectivity index (χ4n) is 1.92. The minimum Gasteiger partial charge on any atom is -0.480 e. The summed E-state index contributed by atoms with van der Waals surface area (Å²) in [5, 5.41) is 9.25. The molecule has 1 fully saturated rings. The number of nitrogens with two attached hydrogens (primary N) is 1. The lowest BCUT2D eigenvalue weighted by molar-refractivity contribution is -0.138. The highest BCUT2D eigenvalue weighted by Crippen LogP contribution is 2.27. The molecule has 3 N–H and O–H groups in total. The molecule has 2 rings (SSSR count). The number of morpholine rings is 1. The maximum atomic E-state index is 10.8. The van der Waals surface area contributed by atoms with E-state index in [1.165, 1.54) is 0 Å². The quantitative estimate of drug-likeness (QED) is 0.865. The smallest absolute Gasteiger partial charge is 0.325 e. The molecule has 0 aliphatic carbocycles. The van der Waals surface area contributed by atoms with Crippen LogP contribution in [-0.4, -0.2) is 37.4 Å². The van der Waals surface area contributed by atoms with Gasteiger partial charge in [-0.15, -0.1) is 0 Å². The molecule has 0 spiro atoms. The normalized spacial score (nSPS) is 17.6. The summed E-state index contributed by atoms with van der Waals surface area (Å²) in [5.74, 6) is -1.09. The topological polar surface area (TPSA) is 75.8 Å². The van der Waals surface area contributed by atoms with Crippen LogP contribution in [0.4, 0.5) is 5.69 Å². The Morgan fingerprint density at radius 1 is 1.44 bits per heavy atom. The number of carboxylic acids is 1. The molecule has 0 amide bonds. The molecule has 1 aromatic rings. The van der Waals surface area contributed by atoms with Gasteiger partial charge in [-0.25, -0.2) is 0 Å². The van der Waals surface area contributed by atoms with Crippen molar-refractivity contribution in [1.29, 1.82) is 0 Å². The largest absolute Gasteiger partial charge is 0.480 e. The van der Waals surface area contributed by atoms with Crippen LogP contribution in [0, 0.1) is 0 Å². The monoisotopic (exact) mass is 270 g/mol. The van der Waals surface area contributed by atoms with Crippen molar-refractivity contribution in [2.45, 2.75) is 6.04 Å². The van der Waals surface area contributed by atoms with Crippen LogP contribution in [-0.2, 0) is 9.53 Å². The van der Waals surface area contributed by atoms with Crippen molar-refractivity contribution < 1.29 is 14.6 Å². The predicted octanol–water partition coefficient (Wildman–Crippen LogP) is 1.26. The van der Waals surface area contributed by atoms with Gasteiger partial charge in [0.2, 0.25) is 0 Å². The van der Waals surface area contributed by atoms with Crippen LogP contribution in [0.25, 0.3) is 0 Å². The molecule has 6 heteroatoms. The molecule has 0 bridgehead atoms. The highest BCUT2D eigenvalue weighted by atomic mass is 35.5. The van der Waals surface area contributed by atoms with Crippen LogP contribution in [0.2, 0.25) is 5.02 Å². The Bertz CT molecular complexity index is 447. The van der Waals surface area contributed by atoms with E-state index in [1.54, 1.807) is 12.1 Å². The van der Waals surface area contributed by atoms with Gasteiger partial charge in [-0.05, 0) is 17.7 Å². The van der Waals surface area contributed by atoms with Crippen LogP contribution in [0.5, 0.6) is 0 Å². The number of hydrogen-bond donors (Lipinski definition) is 2. The van der Waals surface area contributed by atoms with Gasteiger partial charge in [0.15, 0.2) is 0 Å². The Morgan fingerprint density at radius 3 is 2.67 bits per heavy atom. The molecule has 1 aliphatic heterocycles. The van der Waals surface area contributed by atoms with E-state index in [-0.39, 0.29) is 0 Å². The van der Waals surface area contributed by atoms with E-state index in [9.17, 15) is 4.79 Å². The highest BCUT2D eigenvalue weighted by molar-refractivity contribution is 6.32. The van der Waals surface area contributed by atoms with Gasteiger partial charge in [0, 0.05) is 23.8 Å². The van der Waals surface area contributed by atoms with Gasteiger partial charge in [0.1, 0.15) is 6.04 Å². The number of hydrogen-bond acceptors (Lipinski definition) is 4. The summed E-state index contributed by atoms with van der Waals surface area (Å²) in [6, 6.07) is 4.18. The molecule has 1 atom stereocenters. The van der Waals surface area contributed by atoms with Crippen LogP contribution in [0.1, 0.15) is 11.6 Å². The molecule has 0 aromatic heterocycles. The molecule has 1 aromatic carbocycles. The predicted molar refractivity (Wildman–Crippen MR) is 69.0 cm³/mol. The minimum absolute atomic E-state index is 0.383. The molecule has 0 radical (unpaired) electrons. The van der Waals surface area contributed by atoms with E-state index in [0.29, 0.717) is 23.8 Å². The van der Waals surface area contributed by atoms with Gasteiger partial charge in [-0.1, -0.05) is 17.7 Å². The summed E-state index contributed by atoms with van der Waals surface area (Å²) < 4.78 is 5.27. The molecular weight excluding hydrogens is 256 g/mol. The summed E-state index contributed by atoms with van der Waals surface area (Å²) in [7, 11) is 0. The second kappa shape index (κ2) is 5.56. The zero-order valence-electron chi connectivity index (χ0n) is 9.80. The fraction of sp³-hybridized carbons (Fsp3) is 0.417. The van der Waals surface area contributed by atoms with E-state index < -0.39 is 12.0 Å². The molecule has 98 valence electrons. The summed E-state index contributed by atoms with van der Waals surface area (Å²) in [4.78, 5) is 13.0. The van der Waals surface area contributed by atoms with E-state index in [4.69, 9.17) is 27.2 Å². The molecule has 18 heavy (non-hydrogen) atoms. The average molecular weight is 271 g/mol. The third kappa shape index (κ3) is 2.75. The number of anilines is 1. The van der Waals surface area contributed by atoms with Crippen LogP contribution in [0.15, 0.2) is 18.2 Å². The molecule has 1 aliphatic rings. The lowest BCUT2D eigenvalue weighted by atomic mass is 10.1. The maximum absolute atomic E-state index is 10.8. The number of rotatable bonds is 3. The first-order chi connectivity index (χ1) is 8.59. The number of carboxylic acid groups (broad SMARTS) is 1. The maximum Gasteiger partial charge on any atom is 0.325 e. The van der Waals surface area contributed by atoms with Crippen molar-refractivity contribution in [1.82, 2.24) is 0 Å². The second-order valence-corrected chi connectivity index (χ2v) is 4.53. The Labute approximate surface area is 110 Å². The Morgan fingerprint density at radius 2 is 2.11 bits per heavy atom. The van der Waals surface area contributed by atoms with E-state index >= 15 is 0 Å². The number of aliphatic carboxylic acids is 1. The number of benzene rings is 1. The van der Waals surface area contributed by atoms with Gasteiger partial charge >= 0.3 is 5.97 Å². The van der Waals surface area contributed by atoms with E-state index in [1.807, 2.05) is 6.07 Å². The van der Waals surface area contributed by atoms with E-state index in [0.717, 1.165) is 18.8 Å². The molecule has 1 saturated heterocycles. The third-order valence-corrected chi connectivity index (χ3v) is 3.29. The fourth-order valence-corrected chi connectivity index (χ4v) is 2.21. The molecule has 0 saturated carbocycles. The summed E-state index contributed by atoms with van der Waals surface area (Å²) in [6.07, 6.45) is 0. The molecule has 1 heterocycles. The molecule has 0 unspecified atom stereocenters. The van der Waals surface area contributed by atoms with Gasteiger partial charge in [-0.3, -0.25) is 4.79 Å². The van der Waals surface area contributed by atoms with Crippen molar-refractivity contribution >= 4 is 23.3 Å². The van der Waals surface area contributed by atoms with Crippen LogP contribution >= 0.6 is 11.6 Å². The van der Waals surface area contributed by atoms with E-state index in [2.05, 4.69) is 4.90 Å². The zero-order chi connectivity index (χ0) is 13.1. The Balaban J connectivity index is 2.21. The van der Waals surface area contributed by atoms with Gasteiger partial charge in [0.25, 0.3) is 0 Å².